The minimum Gasteiger partial charge on any atom is -1.00 e. The number of aliphatic carboxylic acids is 3. The van der Waals surface area contributed by atoms with Gasteiger partial charge in [-0.25, -0.2) is 4.79 Å². The second-order valence-corrected chi connectivity index (χ2v) is 2.30. The zero-order chi connectivity index (χ0) is 11.7. The predicted octanol–water partition coefficient (Wildman–Crippen LogP) is -6.38. The molecule has 0 aromatic rings. The summed E-state index contributed by atoms with van der Waals surface area (Å²) in [5, 5.41) is 31.6. The van der Waals surface area contributed by atoms with Gasteiger partial charge in [-0.15, -0.1) is 0 Å². The van der Waals surface area contributed by atoms with Crippen LogP contribution < -0.4 is 103 Å². The van der Waals surface area contributed by atoms with Crippen LogP contribution in [0.4, 0.5) is 0 Å². The molecule has 0 bridgehead atoms. The molecule has 0 saturated heterocycles. The minimum absolute atomic E-state index is 0. The van der Waals surface area contributed by atoms with Gasteiger partial charge in [0.05, 0.1) is 12.8 Å². The van der Waals surface area contributed by atoms with E-state index in [0.717, 1.165) is 0 Å². The monoisotopic (exact) mass is 288 g/mol. The zero-order valence-corrected chi connectivity index (χ0v) is 15.8. The fourth-order valence-electron chi connectivity index (χ4n) is 0.214. The smallest absolute Gasteiger partial charge is 1.00 e. The second kappa shape index (κ2) is 16.6. The van der Waals surface area contributed by atoms with E-state index in [9.17, 15) is 14.4 Å². The average molecular weight is 288 g/mol. The fourth-order valence-corrected chi connectivity index (χ4v) is 0.214. The van der Waals surface area contributed by atoms with Crippen LogP contribution >= 0.6 is 0 Å². The van der Waals surface area contributed by atoms with Gasteiger partial charge in [0.2, 0.25) is 0 Å². The Kier molecular flexibility index (Phi) is 27.3. The molecule has 4 N–H and O–H groups in total. The summed E-state index contributed by atoms with van der Waals surface area (Å²) in [6.07, 6.45) is -1.82. The first-order chi connectivity index (χ1) is 6.27. The van der Waals surface area contributed by atoms with Gasteiger partial charge < -0.3 is 23.3 Å². The van der Waals surface area contributed by atoms with Gasteiger partial charge in [-0.1, -0.05) is 0 Å². The van der Waals surface area contributed by atoms with Crippen LogP contribution in [0.2, 0.25) is 0 Å². The number of carboxylic acid groups (broad SMARTS) is 3. The Bertz CT molecular complexity index is 212. The number of hydrogen-bond donors (Lipinski definition) is 4. The molecule has 0 aromatic heterocycles. The first-order valence-electron chi connectivity index (χ1n) is 3.61. The van der Waals surface area contributed by atoms with E-state index in [0.29, 0.717) is 0 Å². The van der Waals surface area contributed by atoms with Crippen molar-refractivity contribution in [1.29, 1.82) is 0 Å². The van der Waals surface area contributed by atoms with Crippen molar-refractivity contribution in [1.82, 2.24) is 0 Å². The molecule has 0 amide bonds. The largest absolute Gasteiger partial charge is 1.00 e. The normalized spacial score (nSPS) is 9.38. The maximum Gasteiger partial charge on any atom is 1.00 e. The third-order valence-corrected chi connectivity index (χ3v) is 0.910. The topological polar surface area (TPSA) is 132 Å². The van der Waals surface area contributed by atoms with Crippen molar-refractivity contribution in [2.45, 2.75) is 25.9 Å². The summed E-state index contributed by atoms with van der Waals surface area (Å²) in [6, 6.07) is 0. The molecule has 0 spiro atoms. The maximum atomic E-state index is 9.64. The molecule has 0 aliphatic rings. The van der Waals surface area contributed by atoms with Crippen molar-refractivity contribution in [3.63, 3.8) is 0 Å². The molecule has 1 atom stereocenters. The third-order valence-electron chi connectivity index (χ3n) is 0.910. The number of carbonyl (C=O) groups is 3. The minimum atomic E-state index is -1.23. The predicted molar refractivity (Wildman–Crippen MR) is 46.0 cm³/mol. The average Bonchev–Trinajstić information content (AvgIpc) is 2.01. The summed E-state index contributed by atoms with van der Waals surface area (Å²) in [5.41, 5.74) is 0. The maximum absolute atomic E-state index is 9.64. The molecular formula is C7H14K2O7. The van der Waals surface area contributed by atoms with Gasteiger partial charge in [0.1, 0.15) is 6.10 Å². The summed E-state index contributed by atoms with van der Waals surface area (Å²) in [7, 11) is 0. The van der Waals surface area contributed by atoms with Crippen LogP contribution in [0.3, 0.4) is 0 Å². The van der Waals surface area contributed by atoms with Gasteiger partial charge in [0.25, 0.3) is 0 Å². The van der Waals surface area contributed by atoms with Gasteiger partial charge in [-0.05, 0) is 6.92 Å². The van der Waals surface area contributed by atoms with E-state index < -0.39 is 24.0 Å². The van der Waals surface area contributed by atoms with E-state index in [4.69, 9.17) is 20.4 Å². The molecule has 9 heteroatoms. The van der Waals surface area contributed by atoms with Crippen LogP contribution in [0.15, 0.2) is 0 Å². The first kappa shape index (κ1) is 26.3. The summed E-state index contributed by atoms with van der Waals surface area (Å²) >= 11 is 0. The second-order valence-electron chi connectivity index (χ2n) is 2.30. The number of aliphatic hydroxyl groups is 1. The molecule has 0 heterocycles. The Hall–Kier alpha value is 1.64. The van der Waals surface area contributed by atoms with Gasteiger partial charge in [0.15, 0.2) is 0 Å². The zero-order valence-electron chi connectivity index (χ0n) is 11.5. The Morgan fingerprint density at radius 1 is 1.00 bits per heavy atom. The molecule has 0 saturated carbocycles. The summed E-state index contributed by atoms with van der Waals surface area (Å²) in [6.45, 7) is 1.20. The summed E-state index contributed by atoms with van der Waals surface area (Å²) in [4.78, 5) is 28.7. The molecule has 0 aliphatic carbocycles. The van der Waals surface area contributed by atoms with Crippen molar-refractivity contribution in [2.75, 3.05) is 0 Å². The Balaban J connectivity index is -0.0000000335. The van der Waals surface area contributed by atoms with Crippen molar-refractivity contribution >= 4 is 17.9 Å². The number of aliphatic hydroxyl groups excluding tert-OH is 1. The molecule has 0 aliphatic heterocycles. The van der Waals surface area contributed by atoms with E-state index in [-0.39, 0.29) is 118 Å². The van der Waals surface area contributed by atoms with Crippen LogP contribution in [0.1, 0.15) is 22.6 Å². The fraction of sp³-hybridized carbons (Fsp3) is 0.571. The van der Waals surface area contributed by atoms with Crippen LogP contribution in [-0.4, -0.2) is 44.4 Å². The number of hydrogen-bond acceptors (Lipinski definition) is 4. The van der Waals surface area contributed by atoms with Gasteiger partial charge >= 0.3 is 121 Å². The van der Waals surface area contributed by atoms with Crippen LogP contribution in [-0.2, 0) is 14.4 Å². The van der Waals surface area contributed by atoms with Gasteiger partial charge in [0, 0.05) is 0 Å². The Morgan fingerprint density at radius 3 is 1.25 bits per heavy atom. The molecule has 7 nitrogen and oxygen atoms in total. The Morgan fingerprint density at radius 2 is 1.19 bits per heavy atom. The molecule has 0 aromatic carbocycles. The quantitative estimate of drug-likeness (QED) is 0.378. The molecular weight excluding hydrogens is 274 g/mol. The van der Waals surface area contributed by atoms with Gasteiger partial charge in [-0.3, -0.25) is 9.59 Å². The molecule has 1 unspecified atom stereocenters. The molecule has 0 radical (unpaired) electrons. The third kappa shape index (κ3) is 29.6. The molecule has 16 heavy (non-hydrogen) atoms. The van der Waals surface area contributed by atoms with Crippen molar-refractivity contribution in [3.8, 4) is 0 Å². The van der Waals surface area contributed by atoms with E-state index in [2.05, 4.69) is 0 Å². The van der Waals surface area contributed by atoms with Crippen molar-refractivity contribution in [2.24, 2.45) is 0 Å². The van der Waals surface area contributed by atoms with E-state index in [1.165, 1.54) is 6.92 Å². The summed E-state index contributed by atoms with van der Waals surface area (Å²) < 4.78 is 0. The number of rotatable bonds is 4. The van der Waals surface area contributed by atoms with E-state index >= 15 is 0 Å². The van der Waals surface area contributed by atoms with Crippen LogP contribution in [0.25, 0.3) is 0 Å². The van der Waals surface area contributed by atoms with Crippen molar-refractivity contribution in [3.05, 3.63) is 0 Å². The SMILES string of the molecule is CC(O)C(=O)O.O=C(O)CCC(=O)O.[H-].[H-].[K+].[K+]. The summed E-state index contributed by atoms with van der Waals surface area (Å²) in [5.74, 6) is -3.34. The standard InChI is InChI=1S/C4H6O4.C3H6O3.2K.2H/c5-3(6)1-2-4(7)8;1-2(4)3(5)6;;;;/h1-2H2,(H,5,6)(H,7,8);2,4H,1H3,(H,5,6);;;;/q;;2*+1;2*-1. The van der Waals surface area contributed by atoms with Gasteiger partial charge in [-0.2, -0.15) is 0 Å². The van der Waals surface area contributed by atoms with E-state index in [1.54, 1.807) is 0 Å². The first-order valence-corrected chi connectivity index (χ1v) is 3.61. The molecule has 86 valence electrons. The number of carboxylic acids is 3. The van der Waals surface area contributed by atoms with Crippen molar-refractivity contribution < 1.29 is 140 Å². The Labute approximate surface area is 180 Å². The molecule has 0 fully saturated rings. The van der Waals surface area contributed by atoms with Crippen LogP contribution in [0, 0.1) is 0 Å². The van der Waals surface area contributed by atoms with Crippen LogP contribution in [0.5, 0.6) is 0 Å². The molecule has 0 rings (SSSR count). The van der Waals surface area contributed by atoms with E-state index in [1.807, 2.05) is 0 Å².